The van der Waals surface area contributed by atoms with Gasteiger partial charge >= 0.3 is 0 Å². The normalized spacial score (nSPS) is 10.6. The largest absolute Gasteiger partial charge is 0.496 e. The molecule has 0 spiro atoms. The number of nitrogens with one attached hydrogen (secondary N) is 1. The van der Waals surface area contributed by atoms with Gasteiger partial charge in [0.15, 0.2) is 0 Å². The van der Waals surface area contributed by atoms with E-state index in [2.05, 4.69) is 10.3 Å². The monoisotopic (exact) mass is 389 g/mol. The lowest BCUT2D eigenvalue weighted by Crippen LogP contribution is -2.13. The number of ether oxygens (including phenoxy) is 1. The van der Waals surface area contributed by atoms with Crippen molar-refractivity contribution in [3.63, 3.8) is 0 Å². The number of amides is 1. The molecule has 2 aromatic heterocycles. The van der Waals surface area contributed by atoms with Crippen LogP contribution in [0.5, 0.6) is 5.75 Å². The van der Waals surface area contributed by atoms with E-state index in [1.54, 1.807) is 55.9 Å². The number of benzene rings is 2. The minimum absolute atomic E-state index is 0.253. The number of anilines is 1. The molecule has 5 nitrogen and oxygen atoms in total. The fourth-order valence-electron chi connectivity index (χ4n) is 3.01. The molecule has 0 atom stereocenters. The average molecular weight is 390 g/mol. The molecule has 4 aromatic rings. The van der Waals surface area contributed by atoms with Gasteiger partial charge in [-0.05, 0) is 48.5 Å². The van der Waals surface area contributed by atoms with Crippen LogP contribution in [0.1, 0.15) is 10.4 Å². The van der Waals surface area contributed by atoms with Crippen molar-refractivity contribution in [3.05, 3.63) is 83.6 Å². The first-order chi connectivity index (χ1) is 13.7. The maximum absolute atomic E-state index is 13.0. The number of hydrogen-bond acceptors (Lipinski definition) is 4. The van der Waals surface area contributed by atoms with Gasteiger partial charge in [0.2, 0.25) is 0 Å². The average Bonchev–Trinajstić information content (AvgIpc) is 2.73. The third-order valence-electron chi connectivity index (χ3n) is 4.34. The van der Waals surface area contributed by atoms with Gasteiger partial charge in [0.25, 0.3) is 5.91 Å². The first-order valence-electron chi connectivity index (χ1n) is 8.61. The fraction of sp³-hybridized carbons (Fsp3) is 0.0455. The molecule has 0 radical (unpaired) electrons. The standard InChI is InChI=1S/C22H16ClN3O2/c1-28-21-5-3-2-4-16(21)20-13-18(17-12-14(23)6-7-19(17)26-20)22(27)25-15-8-10-24-11-9-15/h2-13H,1H3,(H,24,25,27). The number of pyridine rings is 2. The van der Waals surface area contributed by atoms with Crippen LogP contribution >= 0.6 is 11.6 Å². The quantitative estimate of drug-likeness (QED) is 0.520. The molecule has 2 heterocycles. The summed E-state index contributed by atoms with van der Waals surface area (Å²) < 4.78 is 5.46. The minimum atomic E-state index is -0.253. The number of nitrogens with zero attached hydrogens (tertiary/aromatic N) is 2. The number of halogens is 1. The minimum Gasteiger partial charge on any atom is -0.496 e. The summed E-state index contributed by atoms with van der Waals surface area (Å²) >= 11 is 6.17. The van der Waals surface area contributed by atoms with E-state index in [4.69, 9.17) is 21.3 Å². The Kier molecular flexibility index (Phi) is 4.91. The third-order valence-corrected chi connectivity index (χ3v) is 4.57. The first-order valence-corrected chi connectivity index (χ1v) is 8.98. The highest BCUT2D eigenvalue weighted by molar-refractivity contribution is 6.31. The van der Waals surface area contributed by atoms with Crippen LogP contribution in [0.2, 0.25) is 5.02 Å². The summed E-state index contributed by atoms with van der Waals surface area (Å²) in [5.74, 6) is 0.431. The molecule has 1 amide bonds. The second-order valence-electron chi connectivity index (χ2n) is 6.11. The number of fused-ring (bicyclic) bond motifs is 1. The number of aromatic nitrogens is 2. The molecule has 0 saturated carbocycles. The van der Waals surface area contributed by atoms with Crippen molar-refractivity contribution in [3.8, 4) is 17.0 Å². The van der Waals surface area contributed by atoms with Crippen molar-refractivity contribution in [2.75, 3.05) is 12.4 Å². The Morgan fingerprint density at radius 1 is 1.04 bits per heavy atom. The fourth-order valence-corrected chi connectivity index (χ4v) is 3.19. The highest BCUT2D eigenvalue weighted by Crippen LogP contribution is 2.32. The van der Waals surface area contributed by atoms with Crippen molar-refractivity contribution < 1.29 is 9.53 Å². The van der Waals surface area contributed by atoms with Crippen LogP contribution in [0.3, 0.4) is 0 Å². The van der Waals surface area contributed by atoms with Crippen LogP contribution in [0.15, 0.2) is 73.1 Å². The smallest absolute Gasteiger partial charge is 0.256 e. The highest BCUT2D eigenvalue weighted by Gasteiger charge is 2.16. The lowest BCUT2D eigenvalue weighted by Gasteiger charge is -2.13. The van der Waals surface area contributed by atoms with E-state index in [1.807, 2.05) is 24.3 Å². The van der Waals surface area contributed by atoms with E-state index in [0.717, 1.165) is 5.56 Å². The molecule has 0 aliphatic carbocycles. The molecule has 6 heteroatoms. The summed E-state index contributed by atoms with van der Waals surface area (Å²) in [6.07, 6.45) is 3.24. The van der Waals surface area contributed by atoms with E-state index in [9.17, 15) is 4.79 Å². The molecule has 4 rings (SSSR count). The van der Waals surface area contributed by atoms with Crippen LogP contribution in [0, 0.1) is 0 Å². The van der Waals surface area contributed by atoms with Gasteiger partial charge in [0.1, 0.15) is 5.75 Å². The predicted molar refractivity (Wildman–Crippen MR) is 111 cm³/mol. The SMILES string of the molecule is COc1ccccc1-c1cc(C(=O)Nc2ccncc2)c2cc(Cl)ccc2n1. The number of para-hydroxylation sites is 1. The zero-order chi connectivity index (χ0) is 19.5. The molecular weight excluding hydrogens is 374 g/mol. The Bertz CT molecular complexity index is 1160. The van der Waals surface area contributed by atoms with Crippen LogP contribution in [0.25, 0.3) is 22.2 Å². The maximum atomic E-state index is 13.0. The van der Waals surface area contributed by atoms with Gasteiger partial charge in [-0.25, -0.2) is 4.98 Å². The van der Waals surface area contributed by atoms with Crippen LogP contribution in [-0.2, 0) is 0 Å². The Morgan fingerprint density at radius 2 is 1.82 bits per heavy atom. The zero-order valence-electron chi connectivity index (χ0n) is 15.0. The van der Waals surface area contributed by atoms with Crippen LogP contribution < -0.4 is 10.1 Å². The number of carbonyl (C=O) groups is 1. The van der Waals surface area contributed by atoms with E-state index >= 15 is 0 Å². The summed E-state index contributed by atoms with van der Waals surface area (Å²) in [7, 11) is 1.61. The van der Waals surface area contributed by atoms with Gasteiger partial charge in [0.05, 0.1) is 23.9 Å². The molecule has 138 valence electrons. The Morgan fingerprint density at radius 3 is 2.61 bits per heavy atom. The summed E-state index contributed by atoms with van der Waals surface area (Å²) in [5.41, 5.74) is 3.26. The molecule has 0 aliphatic heterocycles. The van der Waals surface area contributed by atoms with E-state index in [-0.39, 0.29) is 5.91 Å². The molecule has 0 aliphatic rings. The summed E-state index contributed by atoms with van der Waals surface area (Å²) in [6, 6.07) is 18.1. The van der Waals surface area contributed by atoms with Crippen molar-refractivity contribution >= 4 is 34.1 Å². The zero-order valence-corrected chi connectivity index (χ0v) is 15.8. The lowest BCUT2D eigenvalue weighted by molar-refractivity contribution is 0.102. The van der Waals surface area contributed by atoms with Crippen LogP contribution in [0.4, 0.5) is 5.69 Å². The second-order valence-corrected chi connectivity index (χ2v) is 6.54. The number of rotatable bonds is 4. The summed E-state index contributed by atoms with van der Waals surface area (Å²) in [5, 5.41) is 4.11. The van der Waals surface area contributed by atoms with E-state index < -0.39 is 0 Å². The Hall–Kier alpha value is -3.44. The van der Waals surface area contributed by atoms with Crippen LogP contribution in [-0.4, -0.2) is 23.0 Å². The summed E-state index contributed by atoms with van der Waals surface area (Å²) in [6.45, 7) is 0. The third kappa shape index (κ3) is 3.52. The first kappa shape index (κ1) is 17.9. The molecule has 0 unspecified atom stereocenters. The molecular formula is C22H16ClN3O2. The second kappa shape index (κ2) is 7.66. The Labute approximate surface area is 167 Å². The predicted octanol–water partition coefficient (Wildman–Crippen LogP) is 5.21. The molecule has 0 saturated heterocycles. The topological polar surface area (TPSA) is 64.1 Å². The van der Waals surface area contributed by atoms with Gasteiger partial charge in [-0.15, -0.1) is 0 Å². The lowest BCUT2D eigenvalue weighted by atomic mass is 10.0. The molecule has 0 fully saturated rings. The van der Waals surface area contributed by atoms with Crippen molar-refractivity contribution in [1.82, 2.24) is 9.97 Å². The van der Waals surface area contributed by atoms with Crippen molar-refractivity contribution in [1.29, 1.82) is 0 Å². The van der Waals surface area contributed by atoms with Gasteiger partial charge < -0.3 is 10.1 Å². The molecule has 2 aromatic carbocycles. The Balaban J connectivity index is 1.88. The van der Waals surface area contributed by atoms with Gasteiger partial charge in [0, 0.05) is 34.1 Å². The highest BCUT2D eigenvalue weighted by atomic mass is 35.5. The van der Waals surface area contributed by atoms with Gasteiger partial charge in [-0.3, -0.25) is 9.78 Å². The number of carbonyl (C=O) groups excluding carboxylic acids is 1. The molecule has 0 bridgehead atoms. The molecule has 28 heavy (non-hydrogen) atoms. The number of hydrogen-bond donors (Lipinski definition) is 1. The molecule has 1 N–H and O–H groups in total. The van der Waals surface area contributed by atoms with E-state index in [0.29, 0.717) is 38.6 Å². The van der Waals surface area contributed by atoms with Crippen molar-refractivity contribution in [2.24, 2.45) is 0 Å². The summed E-state index contributed by atoms with van der Waals surface area (Å²) in [4.78, 5) is 21.7. The van der Waals surface area contributed by atoms with Gasteiger partial charge in [-0.2, -0.15) is 0 Å². The van der Waals surface area contributed by atoms with Gasteiger partial charge in [-0.1, -0.05) is 23.7 Å². The maximum Gasteiger partial charge on any atom is 0.256 e. The van der Waals surface area contributed by atoms with E-state index in [1.165, 1.54) is 0 Å². The number of methoxy groups -OCH3 is 1. The van der Waals surface area contributed by atoms with Crippen molar-refractivity contribution in [2.45, 2.75) is 0 Å².